The Morgan fingerprint density at radius 2 is 1.81 bits per heavy atom. The molecule has 7 nitrogen and oxygen atoms in total. The van der Waals surface area contributed by atoms with E-state index in [1.54, 1.807) is 13.0 Å². The minimum absolute atomic E-state index is 0.0767. The SMILES string of the molecule is CC(=O)N1CCN(c2ccc(NC(=O)C(C)C)nn2)CC1. The molecular weight excluding hydrogens is 270 g/mol. The van der Waals surface area contributed by atoms with Gasteiger partial charge < -0.3 is 15.1 Å². The monoisotopic (exact) mass is 291 g/mol. The van der Waals surface area contributed by atoms with Gasteiger partial charge in [0, 0.05) is 39.0 Å². The Labute approximate surface area is 124 Å². The Morgan fingerprint density at radius 1 is 1.14 bits per heavy atom. The van der Waals surface area contributed by atoms with Crippen molar-refractivity contribution < 1.29 is 9.59 Å². The quantitative estimate of drug-likeness (QED) is 0.888. The first-order valence-corrected chi connectivity index (χ1v) is 7.12. The molecule has 2 rings (SSSR count). The summed E-state index contributed by atoms with van der Waals surface area (Å²) >= 11 is 0. The van der Waals surface area contributed by atoms with Gasteiger partial charge in [0.05, 0.1) is 0 Å². The highest BCUT2D eigenvalue weighted by Crippen LogP contribution is 2.14. The van der Waals surface area contributed by atoms with Crippen molar-refractivity contribution in [3.8, 4) is 0 Å². The molecule has 0 radical (unpaired) electrons. The molecule has 1 N–H and O–H groups in total. The van der Waals surface area contributed by atoms with E-state index < -0.39 is 0 Å². The summed E-state index contributed by atoms with van der Waals surface area (Å²) in [6.45, 7) is 8.11. The fourth-order valence-electron chi connectivity index (χ4n) is 2.08. The summed E-state index contributed by atoms with van der Waals surface area (Å²) < 4.78 is 0. The van der Waals surface area contributed by atoms with Crippen LogP contribution >= 0.6 is 0 Å². The van der Waals surface area contributed by atoms with Crippen molar-refractivity contribution in [2.75, 3.05) is 36.4 Å². The molecule has 1 fully saturated rings. The molecule has 7 heteroatoms. The molecule has 114 valence electrons. The van der Waals surface area contributed by atoms with Crippen LogP contribution in [0.25, 0.3) is 0 Å². The lowest BCUT2D eigenvalue weighted by molar-refractivity contribution is -0.129. The third-order valence-corrected chi connectivity index (χ3v) is 3.48. The lowest BCUT2D eigenvalue weighted by atomic mass is 10.2. The molecule has 0 aromatic carbocycles. The van der Waals surface area contributed by atoms with Crippen LogP contribution < -0.4 is 10.2 Å². The Kier molecular flexibility index (Phi) is 4.72. The fourth-order valence-corrected chi connectivity index (χ4v) is 2.08. The number of carbonyl (C=O) groups is 2. The van der Waals surface area contributed by atoms with Crippen LogP contribution in [0.1, 0.15) is 20.8 Å². The van der Waals surface area contributed by atoms with Gasteiger partial charge in [0.25, 0.3) is 0 Å². The van der Waals surface area contributed by atoms with E-state index >= 15 is 0 Å². The van der Waals surface area contributed by atoms with Crippen LogP contribution in [-0.4, -0.2) is 53.1 Å². The molecule has 0 aliphatic carbocycles. The van der Waals surface area contributed by atoms with Gasteiger partial charge in [-0.05, 0) is 12.1 Å². The van der Waals surface area contributed by atoms with Crippen LogP contribution in [0.4, 0.5) is 11.6 Å². The molecular formula is C14H21N5O2. The van der Waals surface area contributed by atoms with Crippen molar-refractivity contribution >= 4 is 23.5 Å². The smallest absolute Gasteiger partial charge is 0.228 e. The Balaban J connectivity index is 1.94. The molecule has 0 atom stereocenters. The second-order valence-corrected chi connectivity index (χ2v) is 5.41. The molecule has 1 aromatic heterocycles. The number of aromatic nitrogens is 2. The van der Waals surface area contributed by atoms with E-state index in [-0.39, 0.29) is 17.7 Å². The van der Waals surface area contributed by atoms with Crippen molar-refractivity contribution in [3.05, 3.63) is 12.1 Å². The van der Waals surface area contributed by atoms with Gasteiger partial charge in [0.15, 0.2) is 11.6 Å². The van der Waals surface area contributed by atoms with E-state index in [1.165, 1.54) is 0 Å². The van der Waals surface area contributed by atoms with Crippen molar-refractivity contribution in [2.24, 2.45) is 5.92 Å². The summed E-state index contributed by atoms with van der Waals surface area (Å²) in [4.78, 5) is 26.8. The molecule has 0 saturated carbocycles. The standard InChI is InChI=1S/C14H21N5O2/c1-10(2)14(21)15-12-4-5-13(17-16-12)19-8-6-18(7-9-19)11(3)20/h4-5,10H,6-9H2,1-3H3,(H,15,16,21). The minimum atomic E-state index is -0.0915. The summed E-state index contributed by atoms with van der Waals surface area (Å²) in [6, 6.07) is 3.59. The zero-order valence-electron chi connectivity index (χ0n) is 12.7. The highest BCUT2D eigenvalue weighted by molar-refractivity contribution is 5.91. The predicted octanol–water partition coefficient (Wildman–Crippen LogP) is 0.740. The van der Waals surface area contributed by atoms with Crippen LogP contribution in [0, 0.1) is 5.92 Å². The molecule has 1 aromatic rings. The van der Waals surface area contributed by atoms with Crippen molar-refractivity contribution in [1.82, 2.24) is 15.1 Å². The molecule has 0 bridgehead atoms. The van der Waals surface area contributed by atoms with E-state index in [9.17, 15) is 9.59 Å². The number of anilines is 2. The van der Waals surface area contributed by atoms with Crippen LogP contribution in [0.2, 0.25) is 0 Å². The highest BCUT2D eigenvalue weighted by Gasteiger charge is 2.19. The topological polar surface area (TPSA) is 78.4 Å². The number of amides is 2. The Morgan fingerprint density at radius 3 is 2.29 bits per heavy atom. The van der Waals surface area contributed by atoms with Gasteiger partial charge >= 0.3 is 0 Å². The average molecular weight is 291 g/mol. The lowest BCUT2D eigenvalue weighted by Gasteiger charge is -2.34. The molecule has 0 spiro atoms. The van der Waals surface area contributed by atoms with Crippen molar-refractivity contribution in [1.29, 1.82) is 0 Å². The average Bonchev–Trinajstić information content (AvgIpc) is 2.48. The van der Waals surface area contributed by atoms with E-state index in [4.69, 9.17) is 0 Å². The summed E-state index contributed by atoms with van der Waals surface area (Å²) in [5.74, 6) is 1.16. The fraction of sp³-hybridized carbons (Fsp3) is 0.571. The number of hydrogen-bond acceptors (Lipinski definition) is 5. The number of nitrogens with zero attached hydrogens (tertiary/aromatic N) is 4. The second kappa shape index (κ2) is 6.51. The number of rotatable bonds is 3. The lowest BCUT2D eigenvalue weighted by Crippen LogP contribution is -2.48. The van der Waals surface area contributed by atoms with Gasteiger partial charge in [-0.25, -0.2) is 0 Å². The zero-order valence-corrected chi connectivity index (χ0v) is 12.7. The second-order valence-electron chi connectivity index (χ2n) is 5.41. The van der Waals surface area contributed by atoms with Gasteiger partial charge in [-0.3, -0.25) is 9.59 Å². The van der Waals surface area contributed by atoms with E-state index in [1.807, 2.05) is 24.8 Å². The van der Waals surface area contributed by atoms with Crippen LogP contribution in [0.3, 0.4) is 0 Å². The molecule has 1 saturated heterocycles. The zero-order chi connectivity index (χ0) is 15.4. The first-order valence-electron chi connectivity index (χ1n) is 7.12. The Hall–Kier alpha value is -2.18. The maximum absolute atomic E-state index is 11.6. The predicted molar refractivity (Wildman–Crippen MR) is 80.0 cm³/mol. The van der Waals surface area contributed by atoms with Crippen molar-refractivity contribution in [2.45, 2.75) is 20.8 Å². The van der Waals surface area contributed by atoms with Gasteiger partial charge in [-0.2, -0.15) is 0 Å². The molecule has 2 amide bonds. The third-order valence-electron chi connectivity index (χ3n) is 3.48. The third kappa shape index (κ3) is 3.90. The summed E-state index contributed by atoms with van der Waals surface area (Å²) in [6.07, 6.45) is 0. The summed E-state index contributed by atoms with van der Waals surface area (Å²) in [7, 11) is 0. The van der Waals surface area contributed by atoms with Crippen LogP contribution in [0.15, 0.2) is 12.1 Å². The van der Waals surface area contributed by atoms with Gasteiger partial charge in [-0.15, -0.1) is 10.2 Å². The summed E-state index contributed by atoms with van der Waals surface area (Å²) in [5.41, 5.74) is 0. The van der Waals surface area contributed by atoms with Crippen molar-refractivity contribution in [3.63, 3.8) is 0 Å². The normalized spacial score (nSPS) is 15.2. The van der Waals surface area contributed by atoms with Gasteiger partial charge in [0.1, 0.15) is 0 Å². The molecule has 1 aliphatic rings. The van der Waals surface area contributed by atoms with E-state index in [2.05, 4.69) is 20.4 Å². The molecule has 2 heterocycles. The molecule has 0 unspecified atom stereocenters. The maximum atomic E-state index is 11.6. The van der Waals surface area contributed by atoms with Crippen LogP contribution in [0.5, 0.6) is 0 Å². The van der Waals surface area contributed by atoms with Gasteiger partial charge in [0.2, 0.25) is 11.8 Å². The Bertz CT molecular complexity index is 507. The minimum Gasteiger partial charge on any atom is -0.352 e. The number of nitrogens with one attached hydrogen (secondary N) is 1. The number of carbonyl (C=O) groups excluding carboxylic acids is 2. The van der Waals surface area contributed by atoms with E-state index in [0.717, 1.165) is 18.9 Å². The largest absolute Gasteiger partial charge is 0.352 e. The summed E-state index contributed by atoms with van der Waals surface area (Å²) in [5, 5.41) is 10.9. The first-order chi connectivity index (χ1) is 9.97. The maximum Gasteiger partial charge on any atom is 0.228 e. The first kappa shape index (κ1) is 15.2. The molecule has 1 aliphatic heterocycles. The van der Waals surface area contributed by atoms with E-state index in [0.29, 0.717) is 18.9 Å². The van der Waals surface area contributed by atoms with Gasteiger partial charge in [-0.1, -0.05) is 13.8 Å². The molecule has 21 heavy (non-hydrogen) atoms. The number of hydrogen-bond donors (Lipinski definition) is 1. The number of piperazine rings is 1. The highest BCUT2D eigenvalue weighted by atomic mass is 16.2. The van der Waals surface area contributed by atoms with Crippen LogP contribution in [-0.2, 0) is 9.59 Å².